The molecule has 0 N–H and O–H groups in total. The summed E-state index contributed by atoms with van der Waals surface area (Å²) < 4.78 is 5.47. The summed E-state index contributed by atoms with van der Waals surface area (Å²) in [5, 5.41) is 0. The largest absolute Gasteiger partial charge is 0.488 e. The number of nitrogens with zero attached hydrogens (tertiary/aromatic N) is 2. The van der Waals surface area contributed by atoms with Crippen molar-refractivity contribution in [3.63, 3.8) is 0 Å². The lowest BCUT2D eigenvalue weighted by atomic mass is 10.3. The maximum absolute atomic E-state index is 5.47. The summed E-state index contributed by atoms with van der Waals surface area (Å²) in [7, 11) is 2.03. The van der Waals surface area contributed by atoms with E-state index in [0.717, 1.165) is 30.3 Å². The summed E-state index contributed by atoms with van der Waals surface area (Å²) >= 11 is 0. The molecule has 78 valence electrons. The summed E-state index contributed by atoms with van der Waals surface area (Å²) in [5.41, 5.74) is 1.14. The summed E-state index contributed by atoms with van der Waals surface area (Å²) in [6.45, 7) is 7.70. The fourth-order valence-electron chi connectivity index (χ4n) is 1.33. The number of aryl methyl sites for hydroxylation is 1. The molecular weight excluding hydrogens is 176 g/mol. The highest BCUT2D eigenvalue weighted by molar-refractivity contribution is 5.54. The Morgan fingerprint density at radius 2 is 2.14 bits per heavy atom. The minimum Gasteiger partial charge on any atom is -0.488 e. The molecule has 0 saturated carbocycles. The summed E-state index contributed by atoms with van der Waals surface area (Å²) in [5.74, 6) is 1.86. The van der Waals surface area contributed by atoms with Crippen molar-refractivity contribution in [3.8, 4) is 5.75 Å². The average molecular weight is 194 g/mol. The number of hydrogen-bond donors (Lipinski definition) is 0. The number of anilines is 1. The van der Waals surface area contributed by atoms with Gasteiger partial charge in [-0.1, -0.05) is 13.8 Å². The second-order valence-electron chi connectivity index (χ2n) is 3.10. The first-order valence-corrected chi connectivity index (χ1v) is 5.08. The molecule has 0 amide bonds. The van der Waals surface area contributed by atoms with Gasteiger partial charge in [-0.15, -0.1) is 0 Å². The van der Waals surface area contributed by atoms with Crippen molar-refractivity contribution < 1.29 is 4.74 Å². The molecule has 3 heteroatoms. The normalized spacial score (nSPS) is 13.6. The first kappa shape index (κ1) is 10.8. The molecule has 0 saturated heterocycles. The third-order valence-corrected chi connectivity index (χ3v) is 2.02. The molecule has 2 rings (SSSR count). The average Bonchev–Trinajstić information content (AvgIpc) is 2.21. The highest BCUT2D eigenvalue weighted by atomic mass is 16.5. The van der Waals surface area contributed by atoms with Gasteiger partial charge in [0.05, 0.1) is 6.54 Å². The van der Waals surface area contributed by atoms with Crippen LogP contribution in [0.2, 0.25) is 0 Å². The van der Waals surface area contributed by atoms with Gasteiger partial charge in [-0.2, -0.15) is 0 Å². The lowest BCUT2D eigenvalue weighted by molar-refractivity contribution is 0.308. The van der Waals surface area contributed by atoms with Crippen LogP contribution in [0, 0.1) is 6.92 Å². The van der Waals surface area contributed by atoms with Crippen molar-refractivity contribution in [1.82, 2.24) is 4.98 Å². The minimum atomic E-state index is 0.759. The highest BCUT2D eigenvalue weighted by Crippen LogP contribution is 2.28. The fraction of sp³-hybridized carbons (Fsp3) is 0.545. The summed E-state index contributed by atoms with van der Waals surface area (Å²) in [6, 6.07) is 2.03. The topological polar surface area (TPSA) is 25.4 Å². The molecule has 1 aliphatic rings. The number of fused-ring (bicyclic) bond motifs is 1. The van der Waals surface area contributed by atoms with E-state index >= 15 is 0 Å². The zero-order valence-electron chi connectivity index (χ0n) is 9.37. The molecule has 2 heterocycles. The van der Waals surface area contributed by atoms with E-state index in [-0.39, 0.29) is 0 Å². The molecule has 0 radical (unpaired) electrons. The maximum Gasteiger partial charge on any atom is 0.171 e. The van der Waals surface area contributed by atoms with Crippen LogP contribution in [-0.4, -0.2) is 25.2 Å². The first-order chi connectivity index (χ1) is 6.77. The molecular formula is C11H18N2O. The molecule has 0 atom stereocenters. The van der Waals surface area contributed by atoms with E-state index < -0.39 is 0 Å². The minimum absolute atomic E-state index is 0.759. The van der Waals surface area contributed by atoms with Crippen LogP contribution in [0.25, 0.3) is 0 Å². The Bertz CT molecular complexity index is 299. The molecule has 0 bridgehead atoms. The van der Waals surface area contributed by atoms with Gasteiger partial charge in [0.2, 0.25) is 0 Å². The lowest BCUT2D eigenvalue weighted by Crippen LogP contribution is -2.29. The van der Waals surface area contributed by atoms with E-state index in [1.165, 1.54) is 0 Å². The van der Waals surface area contributed by atoms with Crippen LogP contribution in [-0.2, 0) is 0 Å². The van der Waals surface area contributed by atoms with Crippen LogP contribution >= 0.6 is 0 Å². The molecule has 0 aromatic carbocycles. The van der Waals surface area contributed by atoms with Gasteiger partial charge in [-0.25, -0.2) is 4.98 Å². The van der Waals surface area contributed by atoms with Gasteiger partial charge >= 0.3 is 0 Å². The van der Waals surface area contributed by atoms with Gasteiger partial charge in [0.25, 0.3) is 0 Å². The lowest BCUT2D eigenvalue weighted by Gasteiger charge is -2.26. The Labute approximate surface area is 85.7 Å². The van der Waals surface area contributed by atoms with Gasteiger partial charge in [-0.3, -0.25) is 0 Å². The van der Waals surface area contributed by atoms with Gasteiger partial charge < -0.3 is 9.64 Å². The standard InChI is InChI=1S/C9H12N2O.C2H6/c1-7-5-8-9(10-6-7)11(2)3-4-12-8;1-2/h5-6H,3-4H2,1-2H3;1-2H3. The Morgan fingerprint density at radius 3 is 2.86 bits per heavy atom. The van der Waals surface area contributed by atoms with Gasteiger partial charge in [-0.05, 0) is 18.6 Å². The SMILES string of the molecule is CC.Cc1cnc2c(c1)OCCN2C. The van der Waals surface area contributed by atoms with Crippen LogP contribution in [0.5, 0.6) is 5.75 Å². The predicted octanol–water partition coefficient (Wildman–Crippen LogP) is 2.24. The number of hydrogen-bond acceptors (Lipinski definition) is 3. The number of rotatable bonds is 0. The second kappa shape index (κ2) is 4.84. The molecule has 0 fully saturated rings. The molecule has 1 aromatic heterocycles. The molecule has 0 unspecified atom stereocenters. The molecule has 14 heavy (non-hydrogen) atoms. The number of pyridine rings is 1. The zero-order valence-corrected chi connectivity index (χ0v) is 9.37. The molecule has 0 aliphatic carbocycles. The van der Waals surface area contributed by atoms with Gasteiger partial charge in [0, 0.05) is 13.2 Å². The van der Waals surface area contributed by atoms with Crippen LogP contribution in [0.1, 0.15) is 19.4 Å². The highest BCUT2D eigenvalue weighted by Gasteiger charge is 2.15. The smallest absolute Gasteiger partial charge is 0.171 e. The van der Waals surface area contributed by atoms with Gasteiger partial charge in [0.15, 0.2) is 11.6 Å². The maximum atomic E-state index is 5.47. The fourth-order valence-corrected chi connectivity index (χ4v) is 1.33. The van der Waals surface area contributed by atoms with Crippen molar-refractivity contribution in [2.24, 2.45) is 0 Å². The van der Waals surface area contributed by atoms with E-state index in [4.69, 9.17) is 4.74 Å². The van der Waals surface area contributed by atoms with E-state index in [1.807, 2.05) is 40.1 Å². The monoisotopic (exact) mass is 194 g/mol. The van der Waals surface area contributed by atoms with E-state index in [2.05, 4.69) is 9.88 Å². The third kappa shape index (κ3) is 2.16. The van der Waals surface area contributed by atoms with E-state index in [0.29, 0.717) is 0 Å². The quantitative estimate of drug-likeness (QED) is 0.633. The number of likely N-dealkylation sites (N-methyl/N-ethyl adjacent to an activating group) is 1. The summed E-state index contributed by atoms with van der Waals surface area (Å²) in [6.07, 6.45) is 1.87. The second-order valence-corrected chi connectivity index (χ2v) is 3.10. The van der Waals surface area contributed by atoms with E-state index in [9.17, 15) is 0 Å². The van der Waals surface area contributed by atoms with Crippen molar-refractivity contribution in [2.75, 3.05) is 25.1 Å². The molecule has 1 aromatic rings. The Hall–Kier alpha value is -1.25. The van der Waals surface area contributed by atoms with Crippen LogP contribution in [0.15, 0.2) is 12.3 Å². The van der Waals surface area contributed by atoms with Crippen LogP contribution in [0.3, 0.4) is 0 Å². The van der Waals surface area contributed by atoms with Crippen LogP contribution in [0.4, 0.5) is 5.82 Å². The van der Waals surface area contributed by atoms with Crippen molar-refractivity contribution in [1.29, 1.82) is 0 Å². The summed E-state index contributed by atoms with van der Waals surface area (Å²) in [4.78, 5) is 6.41. The Balaban J connectivity index is 0.000000461. The first-order valence-electron chi connectivity index (χ1n) is 5.08. The Morgan fingerprint density at radius 1 is 1.43 bits per heavy atom. The van der Waals surface area contributed by atoms with Crippen molar-refractivity contribution in [3.05, 3.63) is 17.8 Å². The third-order valence-electron chi connectivity index (χ3n) is 2.02. The predicted molar refractivity (Wildman–Crippen MR) is 59.1 cm³/mol. The van der Waals surface area contributed by atoms with E-state index in [1.54, 1.807) is 0 Å². The van der Waals surface area contributed by atoms with Crippen molar-refractivity contribution in [2.45, 2.75) is 20.8 Å². The van der Waals surface area contributed by atoms with Crippen LogP contribution < -0.4 is 9.64 Å². The van der Waals surface area contributed by atoms with Crippen molar-refractivity contribution >= 4 is 5.82 Å². The number of aromatic nitrogens is 1. The zero-order chi connectivity index (χ0) is 10.6. The van der Waals surface area contributed by atoms with Gasteiger partial charge in [0.1, 0.15) is 6.61 Å². The molecule has 1 aliphatic heterocycles. The molecule has 3 nitrogen and oxygen atoms in total. The number of ether oxygens (including phenoxy) is 1. The molecule has 0 spiro atoms. The Kier molecular flexibility index (Phi) is 3.74.